The van der Waals surface area contributed by atoms with Crippen LogP contribution in [0.2, 0.25) is 0 Å². The number of methoxy groups -OCH3 is 1. The van der Waals surface area contributed by atoms with E-state index in [0.29, 0.717) is 0 Å². The second-order valence-electron chi connectivity index (χ2n) is 6.34. The Bertz CT molecular complexity index is 881. The standard InChI is InChI=1S/C19H21N3OS/c1-12-11-24-19(21-12)13(2)22-8-7-20-18(22)16-9-14-5-4-6-15(14)10-17(16)23-3/h7-11,13H,4-6H2,1-3H3/t13-/m0/s1. The average Bonchev–Trinajstić information content (AvgIpc) is 3.32. The fourth-order valence-electron chi connectivity index (χ4n) is 3.46. The quantitative estimate of drug-likeness (QED) is 0.706. The topological polar surface area (TPSA) is 39.9 Å². The zero-order valence-corrected chi connectivity index (χ0v) is 15.1. The minimum atomic E-state index is 0.152. The van der Waals surface area contributed by atoms with E-state index in [9.17, 15) is 0 Å². The molecule has 0 aliphatic heterocycles. The molecule has 3 aromatic rings. The first-order valence-corrected chi connectivity index (χ1v) is 9.20. The third-order valence-corrected chi connectivity index (χ3v) is 5.87. The lowest BCUT2D eigenvalue weighted by Gasteiger charge is -2.17. The van der Waals surface area contributed by atoms with Crippen molar-refractivity contribution < 1.29 is 4.74 Å². The van der Waals surface area contributed by atoms with Gasteiger partial charge in [-0.3, -0.25) is 0 Å². The number of hydrogen-bond donors (Lipinski definition) is 0. The van der Waals surface area contributed by atoms with Crippen LogP contribution in [0.25, 0.3) is 11.4 Å². The summed E-state index contributed by atoms with van der Waals surface area (Å²) < 4.78 is 7.86. The SMILES string of the molecule is COc1cc2c(cc1-c1nccn1[C@@H](C)c1nc(C)cs1)CCC2. The number of benzene rings is 1. The van der Waals surface area contributed by atoms with E-state index < -0.39 is 0 Å². The van der Waals surface area contributed by atoms with Gasteiger partial charge in [0.1, 0.15) is 16.6 Å². The van der Waals surface area contributed by atoms with Gasteiger partial charge in [-0.1, -0.05) is 0 Å². The fourth-order valence-corrected chi connectivity index (χ4v) is 4.31. The molecule has 0 saturated carbocycles. The molecule has 0 radical (unpaired) electrons. The highest BCUT2D eigenvalue weighted by atomic mass is 32.1. The molecule has 0 fully saturated rings. The normalized spacial score (nSPS) is 14.6. The Morgan fingerprint density at radius 1 is 1.25 bits per heavy atom. The summed E-state index contributed by atoms with van der Waals surface area (Å²) in [4.78, 5) is 9.27. The van der Waals surface area contributed by atoms with Crippen LogP contribution in [0.3, 0.4) is 0 Å². The van der Waals surface area contributed by atoms with Gasteiger partial charge in [-0.05, 0) is 56.4 Å². The van der Waals surface area contributed by atoms with Crippen LogP contribution in [0.15, 0.2) is 29.9 Å². The summed E-state index contributed by atoms with van der Waals surface area (Å²) in [7, 11) is 1.74. The van der Waals surface area contributed by atoms with Crippen LogP contribution < -0.4 is 4.74 Å². The monoisotopic (exact) mass is 339 g/mol. The van der Waals surface area contributed by atoms with E-state index in [0.717, 1.165) is 40.7 Å². The Morgan fingerprint density at radius 3 is 2.75 bits per heavy atom. The van der Waals surface area contributed by atoms with Crippen molar-refractivity contribution in [3.05, 3.63) is 51.7 Å². The van der Waals surface area contributed by atoms with Gasteiger partial charge < -0.3 is 9.30 Å². The Morgan fingerprint density at radius 2 is 2.04 bits per heavy atom. The number of imidazole rings is 1. The number of thiazole rings is 1. The molecule has 24 heavy (non-hydrogen) atoms. The lowest BCUT2D eigenvalue weighted by Crippen LogP contribution is -2.08. The summed E-state index contributed by atoms with van der Waals surface area (Å²) >= 11 is 1.70. The zero-order valence-electron chi connectivity index (χ0n) is 14.2. The Kier molecular flexibility index (Phi) is 3.88. The van der Waals surface area contributed by atoms with E-state index in [4.69, 9.17) is 4.74 Å². The first kappa shape index (κ1) is 15.4. The number of aryl methyl sites for hydroxylation is 3. The molecule has 0 saturated heterocycles. The maximum Gasteiger partial charge on any atom is 0.144 e. The summed E-state index contributed by atoms with van der Waals surface area (Å²) in [5.41, 5.74) is 4.98. The molecule has 2 heterocycles. The van der Waals surface area contributed by atoms with Crippen LogP contribution >= 0.6 is 11.3 Å². The van der Waals surface area contributed by atoms with E-state index in [1.165, 1.54) is 17.5 Å². The third-order valence-electron chi connectivity index (χ3n) is 4.73. The molecule has 1 aromatic carbocycles. The Hall–Kier alpha value is -2.14. The number of hydrogen-bond acceptors (Lipinski definition) is 4. The number of fused-ring (bicyclic) bond motifs is 1. The van der Waals surface area contributed by atoms with Crippen LogP contribution in [0, 0.1) is 6.92 Å². The molecule has 5 heteroatoms. The van der Waals surface area contributed by atoms with E-state index in [2.05, 4.69) is 39.0 Å². The lowest BCUT2D eigenvalue weighted by atomic mass is 10.0. The molecule has 0 N–H and O–H groups in total. The first-order valence-electron chi connectivity index (χ1n) is 8.32. The van der Waals surface area contributed by atoms with Crippen molar-refractivity contribution in [2.75, 3.05) is 7.11 Å². The molecule has 0 spiro atoms. The summed E-state index contributed by atoms with van der Waals surface area (Å²) in [6.45, 7) is 4.20. The van der Waals surface area contributed by atoms with Gasteiger partial charge in [0.25, 0.3) is 0 Å². The van der Waals surface area contributed by atoms with Gasteiger partial charge >= 0.3 is 0 Å². The molecular weight excluding hydrogens is 318 g/mol. The van der Waals surface area contributed by atoms with Crippen LogP contribution in [0.5, 0.6) is 5.75 Å². The smallest absolute Gasteiger partial charge is 0.144 e. The number of ether oxygens (including phenoxy) is 1. The van der Waals surface area contributed by atoms with Gasteiger partial charge in [0.2, 0.25) is 0 Å². The van der Waals surface area contributed by atoms with Crippen molar-refractivity contribution >= 4 is 11.3 Å². The van der Waals surface area contributed by atoms with E-state index >= 15 is 0 Å². The Labute approximate surface area is 146 Å². The zero-order chi connectivity index (χ0) is 16.7. The maximum absolute atomic E-state index is 5.67. The van der Waals surface area contributed by atoms with E-state index in [-0.39, 0.29) is 6.04 Å². The molecular formula is C19H21N3OS. The van der Waals surface area contributed by atoms with Crippen LogP contribution in [0.1, 0.15) is 41.2 Å². The maximum atomic E-state index is 5.67. The van der Waals surface area contributed by atoms with Gasteiger partial charge in [0.15, 0.2) is 0 Å². The number of aromatic nitrogens is 3. The number of nitrogens with zero attached hydrogens (tertiary/aromatic N) is 3. The van der Waals surface area contributed by atoms with Crippen LogP contribution in [0.4, 0.5) is 0 Å². The predicted molar refractivity (Wildman–Crippen MR) is 96.9 cm³/mol. The van der Waals surface area contributed by atoms with Crippen molar-refractivity contribution in [3.63, 3.8) is 0 Å². The highest BCUT2D eigenvalue weighted by Gasteiger charge is 2.21. The van der Waals surface area contributed by atoms with E-state index in [1.54, 1.807) is 18.4 Å². The second-order valence-corrected chi connectivity index (χ2v) is 7.23. The van der Waals surface area contributed by atoms with Crippen LogP contribution in [-0.4, -0.2) is 21.6 Å². The summed E-state index contributed by atoms with van der Waals surface area (Å²) in [5.74, 6) is 1.85. The minimum Gasteiger partial charge on any atom is -0.496 e. The van der Waals surface area contributed by atoms with Crippen molar-refractivity contribution in [1.29, 1.82) is 0 Å². The van der Waals surface area contributed by atoms with Crippen molar-refractivity contribution in [2.45, 2.75) is 39.2 Å². The molecule has 1 atom stereocenters. The van der Waals surface area contributed by atoms with Gasteiger partial charge in [0.05, 0.1) is 18.7 Å². The molecule has 0 unspecified atom stereocenters. The molecule has 1 aliphatic carbocycles. The summed E-state index contributed by atoms with van der Waals surface area (Å²) in [6.07, 6.45) is 7.41. The molecule has 0 bridgehead atoms. The van der Waals surface area contributed by atoms with Gasteiger partial charge in [-0.15, -0.1) is 11.3 Å². The Balaban J connectivity index is 1.80. The van der Waals surface area contributed by atoms with Crippen molar-refractivity contribution in [2.24, 2.45) is 0 Å². The van der Waals surface area contributed by atoms with Gasteiger partial charge in [-0.2, -0.15) is 0 Å². The van der Waals surface area contributed by atoms with Crippen molar-refractivity contribution in [3.8, 4) is 17.1 Å². The van der Waals surface area contributed by atoms with Gasteiger partial charge in [-0.25, -0.2) is 9.97 Å². The first-order chi connectivity index (χ1) is 11.7. The molecule has 124 valence electrons. The summed E-state index contributed by atoms with van der Waals surface area (Å²) in [5, 5.41) is 3.20. The molecule has 4 nitrogen and oxygen atoms in total. The highest BCUT2D eigenvalue weighted by molar-refractivity contribution is 7.09. The molecule has 0 amide bonds. The molecule has 1 aliphatic rings. The average molecular weight is 339 g/mol. The summed E-state index contributed by atoms with van der Waals surface area (Å²) in [6, 6.07) is 4.61. The second kappa shape index (κ2) is 6.06. The highest BCUT2D eigenvalue weighted by Crippen LogP contribution is 2.37. The third kappa shape index (κ3) is 2.53. The molecule has 4 rings (SSSR count). The van der Waals surface area contributed by atoms with Gasteiger partial charge in [0, 0.05) is 23.5 Å². The largest absolute Gasteiger partial charge is 0.496 e. The van der Waals surface area contributed by atoms with Crippen LogP contribution in [-0.2, 0) is 12.8 Å². The van der Waals surface area contributed by atoms with E-state index in [1.807, 2.05) is 19.3 Å². The van der Waals surface area contributed by atoms with Crippen molar-refractivity contribution in [1.82, 2.24) is 14.5 Å². The lowest BCUT2D eigenvalue weighted by molar-refractivity contribution is 0.415. The minimum absolute atomic E-state index is 0.152. The fraction of sp³-hybridized carbons (Fsp3) is 0.368. The predicted octanol–water partition coefficient (Wildman–Crippen LogP) is 4.42. The molecule has 2 aromatic heterocycles. The number of rotatable bonds is 4.